The number of hydrogen-bond acceptors (Lipinski definition) is 1. The molecule has 0 saturated carbocycles. The average molecular weight is 600 g/mol. The Bertz CT molecular complexity index is 2270. The van der Waals surface area contributed by atoms with Crippen LogP contribution in [0.1, 0.15) is 0 Å². The number of anilines is 3. The zero-order valence-electron chi connectivity index (χ0n) is 26.0. The number of benzene rings is 8. The van der Waals surface area contributed by atoms with Crippen molar-refractivity contribution in [2.45, 2.75) is 0 Å². The lowest BCUT2D eigenvalue weighted by atomic mass is 9.87. The Labute approximate surface area is 276 Å². The topological polar surface area (TPSA) is 3.24 Å². The lowest BCUT2D eigenvalue weighted by Gasteiger charge is -2.31. The molecule has 8 aromatic rings. The van der Waals surface area contributed by atoms with Crippen LogP contribution in [0.4, 0.5) is 17.1 Å². The molecule has 8 aromatic carbocycles. The molecular formula is C46H33N. The van der Waals surface area contributed by atoms with Crippen LogP contribution in [0.3, 0.4) is 0 Å². The Hall–Kier alpha value is -6.18. The summed E-state index contributed by atoms with van der Waals surface area (Å²) in [7, 11) is 0. The molecule has 0 unspecified atom stereocenters. The first kappa shape index (κ1) is 28.3. The maximum Gasteiger partial charge on any atom is 0.0546 e. The van der Waals surface area contributed by atoms with Crippen molar-refractivity contribution in [3.63, 3.8) is 0 Å². The lowest BCUT2D eigenvalue weighted by molar-refractivity contribution is 1.30. The van der Waals surface area contributed by atoms with Gasteiger partial charge in [-0.25, -0.2) is 0 Å². The molecule has 0 bridgehead atoms. The number of fused-ring (bicyclic) bond motifs is 1. The largest absolute Gasteiger partial charge is 0.309 e. The van der Waals surface area contributed by atoms with E-state index >= 15 is 0 Å². The zero-order valence-corrected chi connectivity index (χ0v) is 26.0. The van der Waals surface area contributed by atoms with Crippen LogP contribution < -0.4 is 4.90 Å². The Morgan fingerprint density at radius 2 is 0.745 bits per heavy atom. The van der Waals surface area contributed by atoms with E-state index in [1.54, 1.807) is 0 Å². The molecule has 1 nitrogen and oxygen atoms in total. The smallest absolute Gasteiger partial charge is 0.0546 e. The second-order valence-electron chi connectivity index (χ2n) is 11.7. The van der Waals surface area contributed by atoms with Crippen LogP contribution >= 0.6 is 0 Å². The third kappa shape index (κ3) is 5.49. The second-order valence-corrected chi connectivity index (χ2v) is 11.7. The van der Waals surface area contributed by atoms with E-state index in [-0.39, 0.29) is 0 Å². The molecule has 0 spiro atoms. The van der Waals surface area contributed by atoms with Crippen molar-refractivity contribution >= 4 is 27.8 Å². The summed E-state index contributed by atoms with van der Waals surface area (Å²) < 4.78 is 0. The first-order valence-electron chi connectivity index (χ1n) is 16.1. The minimum atomic E-state index is 1.10. The number of nitrogens with zero attached hydrogens (tertiary/aromatic N) is 1. The van der Waals surface area contributed by atoms with Gasteiger partial charge in [0.15, 0.2) is 0 Å². The number of rotatable bonds is 7. The molecule has 47 heavy (non-hydrogen) atoms. The minimum absolute atomic E-state index is 1.10. The fraction of sp³-hybridized carbons (Fsp3) is 0. The van der Waals surface area contributed by atoms with Crippen LogP contribution in [0, 0.1) is 0 Å². The van der Waals surface area contributed by atoms with E-state index in [0.29, 0.717) is 0 Å². The van der Waals surface area contributed by atoms with Crippen LogP contribution in [-0.2, 0) is 0 Å². The van der Waals surface area contributed by atoms with Crippen LogP contribution in [-0.4, -0.2) is 0 Å². The van der Waals surface area contributed by atoms with E-state index in [1.165, 1.54) is 55.3 Å². The third-order valence-electron chi connectivity index (χ3n) is 8.89. The van der Waals surface area contributed by atoms with Gasteiger partial charge in [-0.2, -0.15) is 0 Å². The van der Waals surface area contributed by atoms with Crippen molar-refractivity contribution in [2.75, 3.05) is 4.90 Å². The van der Waals surface area contributed by atoms with Crippen molar-refractivity contribution in [1.29, 1.82) is 0 Å². The summed E-state index contributed by atoms with van der Waals surface area (Å²) >= 11 is 0. The number of hydrogen-bond donors (Lipinski definition) is 0. The third-order valence-corrected chi connectivity index (χ3v) is 8.89. The van der Waals surface area contributed by atoms with Gasteiger partial charge in [0.05, 0.1) is 11.4 Å². The first-order valence-corrected chi connectivity index (χ1v) is 16.1. The van der Waals surface area contributed by atoms with Crippen molar-refractivity contribution in [1.82, 2.24) is 0 Å². The van der Waals surface area contributed by atoms with E-state index in [9.17, 15) is 0 Å². The molecule has 222 valence electrons. The molecule has 0 aromatic heterocycles. The standard InChI is InChI=1S/C46H33N/c1-4-16-34(17-5-1)35-30-32-39(33-31-35)47(44-28-14-23-37-22-10-11-25-41(37)44)45-29-15-27-42(38-20-8-3-9-21-38)46(45)43-26-13-12-24-40(43)36-18-6-2-7-19-36/h1-33H. The maximum atomic E-state index is 2.45. The summed E-state index contributed by atoms with van der Waals surface area (Å²) in [6, 6.07) is 71.9. The van der Waals surface area contributed by atoms with Gasteiger partial charge in [0, 0.05) is 16.6 Å². The first-order chi connectivity index (χ1) is 23.3. The van der Waals surface area contributed by atoms with Gasteiger partial charge in [0.2, 0.25) is 0 Å². The highest BCUT2D eigenvalue weighted by Crippen LogP contribution is 2.49. The van der Waals surface area contributed by atoms with E-state index in [4.69, 9.17) is 0 Å². The van der Waals surface area contributed by atoms with Crippen LogP contribution in [0.25, 0.3) is 55.3 Å². The van der Waals surface area contributed by atoms with Crippen molar-refractivity contribution in [3.8, 4) is 44.5 Å². The fourth-order valence-corrected chi connectivity index (χ4v) is 6.68. The van der Waals surface area contributed by atoms with E-state index in [0.717, 1.165) is 17.1 Å². The molecular weight excluding hydrogens is 567 g/mol. The van der Waals surface area contributed by atoms with E-state index in [2.05, 4.69) is 205 Å². The molecule has 1 heteroatoms. The Morgan fingerprint density at radius 1 is 0.277 bits per heavy atom. The molecule has 0 aliphatic rings. The summed E-state index contributed by atoms with van der Waals surface area (Å²) in [5.41, 5.74) is 12.9. The van der Waals surface area contributed by atoms with Crippen molar-refractivity contribution in [2.24, 2.45) is 0 Å². The van der Waals surface area contributed by atoms with Gasteiger partial charge in [0.1, 0.15) is 0 Å². The van der Waals surface area contributed by atoms with Crippen LogP contribution in [0.5, 0.6) is 0 Å². The van der Waals surface area contributed by atoms with Gasteiger partial charge in [-0.05, 0) is 68.6 Å². The lowest BCUT2D eigenvalue weighted by Crippen LogP contribution is -2.12. The summed E-state index contributed by atoms with van der Waals surface area (Å²) in [4.78, 5) is 2.45. The molecule has 0 heterocycles. The molecule has 0 fully saturated rings. The van der Waals surface area contributed by atoms with E-state index < -0.39 is 0 Å². The molecule has 0 aliphatic heterocycles. The molecule has 0 radical (unpaired) electrons. The van der Waals surface area contributed by atoms with Gasteiger partial charge >= 0.3 is 0 Å². The predicted molar refractivity (Wildman–Crippen MR) is 200 cm³/mol. The Morgan fingerprint density at radius 3 is 1.45 bits per heavy atom. The molecule has 0 saturated heterocycles. The quantitative estimate of drug-likeness (QED) is 0.176. The summed E-state index contributed by atoms with van der Waals surface area (Å²) in [5.74, 6) is 0. The zero-order chi connectivity index (χ0) is 31.4. The van der Waals surface area contributed by atoms with E-state index in [1.807, 2.05) is 0 Å². The Kier molecular flexibility index (Phi) is 7.63. The van der Waals surface area contributed by atoms with Gasteiger partial charge < -0.3 is 4.90 Å². The highest BCUT2D eigenvalue weighted by molar-refractivity contribution is 6.05. The summed E-state index contributed by atoms with van der Waals surface area (Å²) in [6.07, 6.45) is 0. The summed E-state index contributed by atoms with van der Waals surface area (Å²) in [6.45, 7) is 0. The second kappa shape index (κ2) is 12.7. The monoisotopic (exact) mass is 599 g/mol. The van der Waals surface area contributed by atoms with Crippen LogP contribution in [0.15, 0.2) is 200 Å². The highest BCUT2D eigenvalue weighted by Gasteiger charge is 2.23. The molecule has 0 amide bonds. The fourth-order valence-electron chi connectivity index (χ4n) is 6.68. The molecule has 0 N–H and O–H groups in total. The molecule has 0 aliphatic carbocycles. The Balaban J connectivity index is 1.43. The van der Waals surface area contributed by atoms with Crippen LogP contribution in [0.2, 0.25) is 0 Å². The maximum absolute atomic E-state index is 2.45. The van der Waals surface area contributed by atoms with Crippen molar-refractivity contribution < 1.29 is 0 Å². The van der Waals surface area contributed by atoms with Gasteiger partial charge in [0.25, 0.3) is 0 Å². The average Bonchev–Trinajstić information content (AvgIpc) is 3.16. The molecule has 0 atom stereocenters. The summed E-state index contributed by atoms with van der Waals surface area (Å²) in [5, 5.41) is 2.41. The van der Waals surface area contributed by atoms with Gasteiger partial charge in [-0.3, -0.25) is 0 Å². The normalized spacial score (nSPS) is 11.0. The van der Waals surface area contributed by atoms with Gasteiger partial charge in [-0.15, -0.1) is 0 Å². The molecule has 8 rings (SSSR count). The SMILES string of the molecule is c1ccc(-c2ccc(N(c3cccc(-c4ccccc4)c3-c3ccccc3-c3ccccc3)c3cccc4ccccc34)cc2)cc1. The minimum Gasteiger partial charge on any atom is -0.309 e. The van der Waals surface area contributed by atoms with Gasteiger partial charge in [-0.1, -0.05) is 176 Å². The predicted octanol–water partition coefficient (Wildman–Crippen LogP) is 13.0. The highest BCUT2D eigenvalue weighted by atomic mass is 15.1. The van der Waals surface area contributed by atoms with Crippen molar-refractivity contribution in [3.05, 3.63) is 200 Å².